The molecule has 0 unspecified atom stereocenters. The zero-order valence-electron chi connectivity index (χ0n) is 10.7. The smallest absolute Gasteiger partial charge is 0.146 e. The van der Waals surface area contributed by atoms with E-state index in [1.165, 1.54) is 0 Å². The van der Waals surface area contributed by atoms with Crippen molar-refractivity contribution in [2.24, 2.45) is 0 Å². The van der Waals surface area contributed by atoms with E-state index in [4.69, 9.17) is 21.4 Å². The second-order valence-electron chi connectivity index (χ2n) is 4.20. The van der Waals surface area contributed by atoms with Crippen molar-refractivity contribution in [1.82, 2.24) is 5.32 Å². The molecule has 0 fully saturated rings. The molecule has 2 rings (SSSR count). The number of hydrogen-bond donors (Lipinski definition) is 2. The zero-order chi connectivity index (χ0) is 13.7. The first-order valence-electron chi connectivity index (χ1n) is 6.03. The molecule has 0 saturated heterocycles. The molecule has 0 saturated carbocycles. The van der Waals surface area contributed by atoms with E-state index >= 15 is 0 Å². The quantitative estimate of drug-likeness (QED) is 0.881. The van der Waals surface area contributed by atoms with Gasteiger partial charge < -0.3 is 15.2 Å². The molecule has 0 amide bonds. The van der Waals surface area contributed by atoms with Crippen LogP contribution in [0.25, 0.3) is 0 Å². The van der Waals surface area contributed by atoms with E-state index in [2.05, 4.69) is 5.32 Å². The summed E-state index contributed by atoms with van der Waals surface area (Å²) in [6.07, 6.45) is 0. The molecule has 0 spiro atoms. The molecule has 0 bridgehead atoms. The Hall–Kier alpha value is -1.55. The second kappa shape index (κ2) is 6.57. The van der Waals surface area contributed by atoms with Gasteiger partial charge in [0.2, 0.25) is 0 Å². The van der Waals surface area contributed by atoms with Gasteiger partial charge >= 0.3 is 0 Å². The van der Waals surface area contributed by atoms with Gasteiger partial charge in [0, 0.05) is 6.54 Å². The van der Waals surface area contributed by atoms with Crippen LogP contribution in [0.4, 0.5) is 0 Å². The van der Waals surface area contributed by atoms with Crippen LogP contribution >= 0.6 is 11.6 Å². The third kappa shape index (κ3) is 3.70. The number of ether oxygens (including phenoxy) is 1. The first kappa shape index (κ1) is 13.9. The SMILES string of the molecule is CNCc1ccc(Oc2cccc(CO)c2)c(Cl)c1. The van der Waals surface area contributed by atoms with Gasteiger partial charge in [-0.15, -0.1) is 0 Å². The van der Waals surface area contributed by atoms with Crippen LogP contribution in [0, 0.1) is 0 Å². The van der Waals surface area contributed by atoms with Crippen LogP contribution in [0.15, 0.2) is 42.5 Å². The van der Waals surface area contributed by atoms with E-state index in [0.29, 0.717) is 16.5 Å². The standard InChI is InChI=1S/C15H16ClNO2/c1-17-9-11-5-6-15(14(16)8-11)19-13-4-2-3-12(7-13)10-18/h2-8,17-18H,9-10H2,1H3. The zero-order valence-corrected chi connectivity index (χ0v) is 11.4. The lowest BCUT2D eigenvalue weighted by molar-refractivity contribution is 0.281. The molecule has 2 aromatic carbocycles. The highest BCUT2D eigenvalue weighted by molar-refractivity contribution is 6.32. The first-order valence-corrected chi connectivity index (χ1v) is 6.41. The molecule has 0 aliphatic carbocycles. The highest BCUT2D eigenvalue weighted by Crippen LogP contribution is 2.30. The topological polar surface area (TPSA) is 41.5 Å². The van der Waals surface area contributed by atoms with Crippen molar-refractivity contribution in [1.29, 1.82) is 0 Å². The molecule has 2 aromatic rings. The summed E-state index contributed by atoms with van der Waals surface area (Å²) in [6, 6.07) is 13.0. The summed E-state index contributed by atoms with van der Waals surface area (Å²) in [6.45, 7) is 0.756. The molecular formula is C15H16ClNO2. The van der Waals surface area contributed by atoms with Crippen LogP contribution in [-0.4, -0.2) is 12.2 Å². The van der Waals surface area contributed by atoms with Crippen molar-refractivity contribution >= 4 is 11.6 Å². The lowest BCUT2D eigenvalue weighted by Gasteiger charge is -2.10. The number of benzene rings is 2. The maximum absolute atomic E-state index is 9.09. The fourth-order valence-electron chi connectivity index (χ4n) is 1.78. The lowest BCUT2D eigenvalue weighted by Crippen LogP contribution is -2.04. The van der Waals surface area contributed by atoms with Gasteiger partial charge in [-0.3, -0.25) is 0 Å². The van der Waals surface area contributed by atoms with Crippen molar-refractivity contribution in [3.8, 4) is 11.5 Å². The Balaban J connectivity index is 2.18. The average Bonchev–Trinajstić information content (AvgIpc) is 2.42. The Labute approximate surface area is 117 Å². The average molecular weight is 278 g/mol. The molecule has 0 aliphatic heterocycles. The number of aliphatic hydroxyl groups is 1. The summed E-state index contributed by atoms with van der Waals surface area (Å²) in [4.78, 5) is 0. The number of rotatable bonds is 5. The van der Waals surface area contributed by atoms with E-state index in [1.54, 1.807) is 6.07 Å². The van der Waals surface area contributed by atoms with Gasteiger partial charge in [-0.1, -0.05) is 29.8 Å². The number of nitrogens with one attached hydrogen (secondary N) is 1. The predicted molar refractivity (Wildman–Crippen MR) is 76.7 cm³/mol. The van der Waals surface area contributed by atoms with Crippen LogP contribution in [0.5, 0.6) is 11.5 Å². The number of hydrogen-bond acceptors (Lipinski definition) is 3. The molecule has 0 aliphatic rings. The molecule has 100 valence electrons. The summed E-state index contributed by atoms with van der Waals surface area (Å²) in [5.74, 6) is 1.27. The number of halogens is 1. The fourth-order valence-corrected chi connectivity index (χ4v) is 2.02. The van der Waals surface area contributed by atoms with Crippen molar-refractivity contribution in [3.05, 3.63) is 58.6 Å². The fraction of sp³-hybridized carbons (Fsp3) is 0.200. The Bertz CT molecular complexity index is 558. The van der Waals surface area contributed by atoms with Crippen molar-refractivity contribution in [3.63, 3.8) is 0 Å². The molecule has 2 N–H and O–H groups in total. The predicted octanol–water partition coefficient (Wildman–Crippen LogP) is 3.34. The maximum Gasteiger partial charge on any atom is 0.146 e. The molecule has 3 nitrogen and oxygen atoms in total. The molecule has 19 heavy (non-hydrogen) atoms. The van der Waals surface area contributed by atoms with Crippen LogP contribution in [0.1, 0.15) is 11.1 Å². The minimum Gasteiger partial charge on any atom is -0.456 e. The summed E-state index contributed by atoms with van der Waals surface area (Å²) < 4.78 is 5.72. The Morgan fingerprint density at radius 3 is 2.68 bits per heavy atom. The third-order valence-electron chi connectivity index (χ3n) is 2.69. The minimum atomic E-state index is -0.00790. The van der Waals surface area contributed by atoms with Gasteiger partial charge in [0.1, 0.15) is 11.5 Å². The normalized spacial score (nSPS) is 10.5. The lowest BCUT2D eigenvalue weighted by atomic mass is 10.2. The summed E-state index contributed by atoms with van der Waals surface area (Å²) in [5.41, 5.74) is 1.91. The summed E-state index contributed by atoms with van der Waals surface area (Å²) in [5, 5.41) is 12.7. The highest BCUT2D eigenvalue weighted by Gasteiger charge is 2.05. The van der Waals surface area contributed by atoms with E-state index in [0.717, 1.165) is 17.7 Å². The van der Waals surface area contributed by atoms with Gasteiger partial charge in [-0.25, -0.2) is 0 Å². The molecule has 0 aromatic heterocycles. The molecule has 0 radical (unpaired) electrons. The first-order chi connectivity index (χ1) is 9.22. The van der Waals surface area contributed by atoms with E-state index in [-0.39, 0.29) is 6.61 Å². The van der Waals surface area contributed by atoms with Crippen LogP contribution in [-0.2, 0) is 13.2 Å². The van der Waals surface area contributed by atoms with Crippen molar-refractivity contribution in [2.45, 2.75) is 13.2 Å². The third-order valence-corrected chi connectivity index (χ3v) is 2.98. The Morgan fingerprint density at radius 2 is 2.00 bits per heavy atom. The van der Waals surface area contributed by atoms with Crippen LogP contribution in [0.2, 0.25) is 5.02 Å². The minimum absolute atomic E-state index is 0.00790. The van der Waals surface area contributed by atoms with E-state index in [1.807, 2.05) is 43.4 Å². The largest absolute Gasteiger partial charge is 0.456 e. The maximum atomic E-state index is 9.09. The van der Waals surface area contributed by atoms with Crippen molar-refractivity contribution in [2.75, 3.05) is 7.05 Å². The molecule has 0 heterocycles. The van der Waals surface area contributed by atoms with Crippen molar-refractivity contribution < 1.29 is 9.84 Å². The van der Waals surface area contributed by atoms with Gasteiger partial charge in [-0.05, 0) is 42.4 Å². The highest BCUT2D eigenvalue weighted by atomic mass is 35.5. The van der Waals surface area contributed by atoms with Crippen LogP contribution in [0.3, 0.4) is 0 Å². The van der Waals surface area contributed by atoms with Gasteiger partial charge in [0.05, 0.1) is 11.6 Å². The summed E-state index contributed by atoms with van der Waals surface area (Å²) in [7, 11) is 1.89. The molecular weight excluding hydrogens is 262 g/mol. The number of aliphatic hydroxyl groups excluding tert-OH is 1. The molecule has 0 atom stereocenters. The van der Waals surface area contributed by atoms with Gasteiger partial charge in [-0.2, -0.15) is 0 Å². The Kier molecular flexibility index (Phi) is 4.80. The van der Waals surface area contributed by atoms with E-state index in [9.17, 15) is 0 Å². The Morgan fingerprint density at radius 1 is 1.16 bits per heavy atom. The van der Waals surface area contributed by atoms with Gasteiger partial charge in [0.15, 0.2) is 0 Å². The monoisotopic (exact) mass is 277 g/mol. The van der Waals surface area contributed by atoms with Gasteiger partial charge in [0.25, 0.3) is 0 Å². The molecule has 4 heteroatoms. The van der Waals surface area contributed by atoms with E-state index < -0.39 is 0 Å². The second-order valence-corrected chi connectivity index (χ2v) is 4.61. The van der Waals surface area contributed by atoms with Crippen LogP contribution < -0.4 is 10.1 Å². The summed E-state index contributed by atoms with van der Waals surface area (Å²) >= 11 is 6.19.